The first-order valence-electron chi connectivity index (χ1n) is 6.57. The lowest BCUT2D eigenvalue weighted by Gasteiger charge is -2.09. The van der Waals surface area contributed by atoms with Crippen molar-refractivity contribution in [3.05, 3.63) is 59.4 Å². The molecule has 1 fully saturated rings. The highest BCUT2D eigenvalue weighted by Crippen LogP contribution is 2.39. The monoisotopic (exact) mass is 238 g/mol. The highest BCUT2D eigenvalue weighted by atomic mass is 14.9. The maximum atomic E-state index is 4.27. The predicted octanol–water partition coefficient (Wildman–Crippen LogP) is 3.88. The van der Waals surface area contributed by atoms with E-state index in [1.54, 1.807) is 0 Å². The van der Waals surface area contributed by atoms with E-state index in [1.807, 2.05) is 19.2 Å². The van der Waals surface area contributed by atoms with Crippen LogP contribution in [0.1, 0.15) is 35.6 Å². The van der Waals surface area contributed by atoms with Crippen LogP contribution in [0.15, 0.2) is 42.6 Å². The molecule has 1 aliphatic rings. The fourth-order valence-electron chi connectivity index (χ4n) is 2.19. The van der Waals surface area contributed by atoms with Crippen molar-refractivity contribution in [2.45, 2.75) is 32.2 Å². The third-order valence-corrected chi connectivity index (χ3v) is 3.52. The van der Waals surface area contributed by atoms with Crippen molar-refractivity contribution in [1.82, 2.24) is 4.98 Å². The number of nitrogens with one attached hydrogen (secondary N) is 1. The molecule has 0 radical (unpaired) electrons. The maximum absolute atomic E-state index is 4.27. The van der Waals surface area contributed by atoms with E-state index in [1.165, 1.54) is 24.0 Å². The molecule has 0 amide bonds. The smallest absolute Gasteiger partial charge is 0.0603 e. The maximum Gasteiger partial charge on any atom is 0.0603 e. The fraction of sp³-hybridized carbons (Fsp3) is 0.312. The van der Waals surface area contributed by atoms with Crippen LogP contribution in [0.5, 0.6) is 0 Å². The summed E-state index contributed by atoms with van der Waals surface area (Å²) in [4.78, 5) is 4.27. The zero-order valence-electron chi connectivity index (χ0n) is 10.7. The number of aryl methyl sites for hydroxylation is 1. The number of anilines is 1. The van der Waals surface area contributed by atoms with Crippen molar-refractivity contribution in [2.75, 3.05) is 5.32 Å². The Balaban J connectivity index is 1.64. The summed E-state index contributed by atoms with van der Waals surface area (Å²) in [6.45, 7) is 2.88. The Kier molecular flexibility index (Phi) is 3.01. The second-order valence-electron chi connectivity index (χ2n) is 5.01. The minimum Gasteiger partial charge on any atom is -0.380 e. The molecule has 0 bridgehead atoms. The lowest BCUT2D eigenvalue weighted by Crippen LogP contribution is -2.01. The number of nitrogens with zero attached hydrogens (tertiary/aromatic N) is 1. The highest BCUT2D eigenvalue weighted by Gasteiger charge is 2.22. The van der Waals surface area contributed by atoms with Gasteiger partial charge in [0.25, 0.3) is 0 Å². The lowest BCUT2D eigenvalue weighted by atomic mass is 10.1. The fourth-order valence-corrected chi connectivity index (χ4v) is 2.19. The van der Waals surface area contributed by atoms with Gasteiger partial charge in [-0.3, -0.25) is 4.98 Å². The zero-order valence-corrected chi connectivity index (χ0v) is 10.7. The molecule has 0 atom stereocenters. The van der Waals surface area contributed by atoms with Crippen LogP contribution in [-0.2, 0) is 6.54 Å². The zero-order chi connectivity index (χ0) is 12.4. The molecule has 1 saturated carbocycles. The molecule has 3 rings (SSSR count). The van der Waals surface area contributed by atoms with Crippen molar-refractivity contribution >= 4 is 5.69 Å². The van der Waals surface area contributed by atoms with Gasteiger partial charge >= 0.3 is 0 Å². The van der Waals surface area contributed by atoms with E-state index in [-0.39, 0.29) is 0 Å². The van der Waals surface area contributed by atoms with Gasteiger partial charge in [-0.25, -0.2) is 0 Å². The normalized spacial score (nSPS) is 14.5. The van der Waals surface area contributed by atoms with Crippen LogP contribution in [0.25, 0.3) is 0 Å². The van der Waals surface area contributed by atoms with Gasteiger partial charge in [0.2, 0.25) is 0 Å². The number of aromatic nitrogens is 1. The van der Waals surface area contributed by atoms with E-state index < -0.39 is 0 Å². The summed E-state index contributed by atoms with van der Waals surface area (Å²) in [6.07, 6.45) is 4.56. The number of hydrogen-bond acceptors (Lipinski definition) is 2. The molecular weight excluding hydrogens is 220 g/mol. The Hall–Kier alpha value is -1.83. The predicted molar refractivity (Wildman–Crippen MR) is 74.7 cm³/mol. The number of pyridine rings is 1. The average Bonchev–Trinajstić information content (AvgIpc) is 3.23. The van der Waals surface area contributed by atoms with Gasteiger partial charge in [-0.05, 0) is 48.9 Å². The first-order valence-corrected chi connectivity index (χ1v) is 6.57. The Bertz CT molecular complexity index is 527. The van der Waals surface area contributed by atoms with E-state index >= 15 is 0 Å². The van der Waals surface area contributed by atoms with Crippen LogP contribution in [0.2, 0.25) is 0 Å². The first-order chi connectivity index (χ1) is 8.83. The largest absolute Gasteiger partial charge is 0.380 e. The Labute approximate surface area is 108 Å². The summed E-state index contributed by atoms with van der Waals surface area (Å²) in [6, 6.07) is 13.0. The van der Waals surface area contributed by atoms with Crippen molar-refractivity contribution in [3.8, 4) is 0 Å². The third-order valence-electron chi connectivity index (χ3n) is 3.52. The Morgan fingerprint density at radius 3 is 2.61 bits per heavy atom. The van der Waals surface area contributed by atoms with Crippen LogP contribution in [-0.4, -0.2) is 4.98 Å². The van der Waals surface area contributed by atoms with Gasteiger partial charge < -0.3 is 5.32 Å². The van der Waals surface area contributed by atoms with Crippen molar-refractivity contribution < 1.29 is 0 Å². The molecule has 2 heteroatoms. The molecular formula is C16H18N2. The minimum absolute atomic E-state index is 0.840. The molecule has 2 aromatic rings. The third kappa shape index (κ3) is 2.53. The van der Waals surface area contributed by atoms with Crippen molar-refractivity contribution in [2.24, 2.45) is 0 Å². The molecule has 92 valence electrons. The highest BCUT2D eigenvalue weighted by molar-refractivity contribution is 5.47. The van der Waals surface area contributed by atoms with Crippen LogP contribution in [0, 0.1) is 6.92 Å². The van der Waals surface area contributed by atoms with Gasteiger partial charge in [0.15, 0.2) is 0 Å². The standard InChI is InChI=1S/C16H18N2/c1-12-16(3-2-10-17-12)18-11-13-4-6-14(7-5-13)15-8-9-15/h2-7,10,15,18H,8-9,11H2,1H3. The topological polar surface area (TPSA) is 24.9 Å². The van der Waals surface area contributed by atoms with Crippen LogP contribution in [0.3, 0.4) is 0 Å². The molecule has 18 heavy (non-hydrogen) atoms. The van der Waals surface area contributed by atoms with Crippen LogP contribution >= 0.6 is 0 Å². The minimum atomic E-state index is 0.840. The molecule has 0 unspecified atom stereocenters. The van der Waals surface area contributed by atoms with Gasteiger partial charge in [0.05, 0.1) is 11.4 Å². The van der Waals surface area contributed by atoms with Crippen LogP contribution < -0.4 is 5.32 Å². The second kappa shape index (κ2) is 4.81. The number of rotatable bonds is 4. The Morgan fingerprint density at radius 2 is 1.94 bits per heavy atom. The van der Waals surface area contributed by atoms with E-state index in [0.717, 1.165) is 23.8 Å². The van der Waals surface area contributed by atoms with Gasteiger partial charge in [0.1, 0.15) is 0 Å². The SMILES string of the molecule is Cc1ncccc1NCc1ccc(C2CC2)cc1. The van der Waals surface area contributed by atoms with Gasteiger partial charge in [-0.2, -0.15) is 0 Å². The second-order valence-corrected chi connectivity index (χ2v) is 5.01. The summed E-state index contributed by atoms with van der Waals surface area (Å²) in [7, 11) is 0. The van der Waals surface area contributed by atoms with Crippen molar-refractivity contribution in [1.29, 1.82) is 0 Å². The molecule has 1 N–H and O–H groups in total. The molecule has 1 aromatic heterocycles. The molecule has 0 spiro atoms. The number of hydrogen-bond donors (Lipinski definition) is 1. The van der Waals surface area contributed by atoms with Crippen molar-refractivity contribution in [3.63, 3.8) is 0 Å². The van der Waals surface area contributed by atoms with E-state index in [9.17, 15) is 0 Å². The molecule has 1 aliphatic carbocycles. The average molecular weight is 238 g/mol. The van der Waals surface area contributed by atoms with E-state index in [2.05, 4.69) is 40.6 Å². The summed E-state index contributed by atoms with van der Waals surface area (Å²) in [5.74, 6) is 0.840. The van der Waals surface area contributed by atoms with E-state index in [4.69, 9.17) is 0 Å². The summed E-state index contributed by atoms with van der Waals surface area (Å²) in [5.41, 5.74) is 4.98. The molecule has 1 heterocycles. The molecule has 0 saturated heterocycles. The lowest BCUT2D eigenvalue weighted by molar-refractivity contribution is 1.08. The first kappa shape index (κ1) is 11.3. The van der Waals surface area contributed by atoms with Crippen LogP contribution in [0.4, 0.5) is 5.69 Å². The Morgan fingerprint density at radius 1 is 1.17 bits per heavy atom. The molecule has 0 aliphatic heterocycles. The number of benzene rings is 1. The quantitative estimate of drug-likeness (QED) is 0.874. The van der Waals surface area contributed by atoms with Gasteiger partial charge in [-0.1, -0.05) is 24.3 Å². The van der Waals surface area contributed by atoms with Gasteiger partial charge in [-0.15, -0.1) is 0 Å². The molecule has 1 aromatic carbocycles. The summed E-state index contributed by atoms with van der Waals surface area (Å²) in [5, 5.41) is 3.43. The molecule has 2 nitrogen and oxygen atoms in total. The van der Waals surface area contributed by atoms with E-state index in [0.29, 0.717) is 0 Å². The van der Waals surface area contributed by atoms with Gasteiger partial charge in [0, 0.05) is 12.7 Å². The summed E-state index contributed by atoms with van der Waals surface area (Å²) >= 11 is 0. The summed E-state index contributed by atoms with van der Waals surface area (Å²) < 4.78 is 0.